The van der Waals surface area contributed by atoms with Crippen LogP contribution in [-0.4, -0.2) is 25.0 Å². The van der Waals surface area contributed by atoms with Crippen LogP contribution in [0.4, 0.5) is 10.5 Å². The quantitative estimate of drug-likeness (QED) is 0.313. The van der Waals surface area contributed by atoms with Crippen LogP contribution in [0.5, 0.6) is 11.5 Å². The molecular weight excluding hydrogens is 536 g/mol. The number of urea groups is 1. The predicted octanol–water partition coefficient (Wildman–Crippen LogP) is 5.66. The third kappa shape index (κ3) is 5.23. The number of rotatable bonds is 6. The molecule has 1 N–H and O–H groups in total. The fourth-order valence-electron chi connectivity index (χ4n) is 3.60. The maximum atomic E-state index is 13.1. The van der Waals surface area contributed by atoms with Crippen LogP contribution in [0.15, 0.2) is 70.7 Å². The largest absolute Gasteiger partial charge is 0.493 e. The molecule has 35 heavy (non-hydrogen) atoms. The minimum Gasteiger partial charge on any atom is -0.493 e. The summed E-state index contributed by atoms with van der Waals surface area (Å²) in [5.74, 6) is -0.718. The number of nitrogens with one attached hydrogen (secondary N) is 1. The van der Waals surface area contributed by atoms with E-state index in [1.54, 1.807) is 30.3 Å². The van der Waals surface area contributed by atoms with E-state index in [9.17, 15) is 14.4 Å². The van der Waals surface area contributed by atoms with Crippen LogP contribution in [0.25, 0.3) is 6.08 Å². The Kier molecular flexibility index (Phi) is 7.23. The number of hydrogen-bond acceptors (Lipinski definition) is 5. The molecular formula is C26H20BrClN2O5. The van der Waals surface area contributed by atoms with E-state index in [1.807, 2.05) is 31.2 Å². The first-order valence-electron chi connectivity index (χ1n) is 10.5. The summed E-state index contributed by atoms with van der Waals surface area (Å²) in [4.78, 5) is 38.9. The second kappa shape index (κ2) is 10.3. The van der Waals surface area contributed by atoms with Gasteiger partial charge in [0, 0.05) is 0 Å². The van der Waals surface area contributed by atoms with Gasteiger partial charge in [-0.2, -0.15) is 0 Å². The third-order valence-corrected chi connectivity index (χ3v) is 6.13. The van der Waals surface area contributed by atoms with Crippen LogP contribution in [0.3, 0.4) is 0 Å². The van der Waals surface area contributed by atoms with E-state index < -0.39 is 17.8 Å². The number of halogens is 2. The molecule has 7 nitrogen and oxygen atoms in total. The lowest BCUT2D eigenvalue weighted by Crippen LogP contribution is -2.54. The first-order valence-corrected chi connectivity index (χ1v) is 11.7. The van der Waals surface area contributed by atoms with E-state index in [0.717, 1.165) is 16.0 Å². The number of anilines is 1. The molecule has 0 unspecified atom stereocenters. The number of carbonyl (C=O) groups is 3. The lowest BCUT2D eigenvalue weighted by atomic mass is 10.1. The first-order chi connectivity index (χ1) is 16.8. The van der Waals surface area contributed by atoms with E-state index in [0.29, 0.717) is 28.1 Å². The van der Waals surface area contributed by atoms with Crippen LogP contribution in [0, 0.1) is 6.92 Å². The zero-order valence-corrected chi connectivity index (χ0v) is 21.1. The van der Waals surface area contributed by atoms with Crippen molar-refractivity contribution in [2.75, 3.05) is 12.0 Å². The molecule has 0 aliphatic carbocycles. The summed E-state index contributed by atoms with van der Waals surface area (Å²) in [6.07, 6.45) is 1.38. The summed E-state index contributed by atoms with van der Waals surface area (Å²) in [5.41, 5.74) is 2.56. The average Bonchev–Trinajstić information content (AvgIpc) is 2.82. The standard InChI is InChI=1S/C26H20BrClN2O5/c1-15-6-5-7-16(10-15)14-35-23-19(27)12-17(13-22(23)34-2)11-18-24(31)29-26(33)30(25(18)32)21-9-4-3-8-20(21)28/h3-13H,14H2,1-2H3,(H,29,31,33)/b18-11+. The van der Waals surface area contributed by atoms with E-state index >= 15 is 0 Å². The fraction of sp³-hybridized carbons (Fsp3) is 0.115. The Morgan fingerprint density at radius 2 is 1.83 bits per heavy atom. The van der Waals surface area contributed by atoms with Crippen molar-refractivity contribution >= 4 is 57.1 Å². The van der Waals surface area contributed by atoms with Crippen LogP contribution in [0.2, 0.25) is 5.02 Å². The smallest absolute Gasteiger partial charge is 0.335 e. The molecule has 0 saturated carbocycles. The normalized spacial score (nSPS) is 14.8. The Morgan fingerprint density at radius 1 is 1.06 bits per heavy atom. The summed E-state index contributed by atoms with van der Waals surface area (Å²) in [5, 5.41) is 2.38. The lowest BCUT2D eigenvalue weighted by Gasteiger charge is -2.27. The van der Waals surface area contributed by atoms with E-state index in [4.69, 9.17) is 21.1 Å². The summed E-state index contributed by atoms with van der Waals surface area (Å²) in [6, 6.07) is 16.8. The van der Waals surface area contributed by atoms with Crippen molar-refractivity contribution in [1.82, 2.24) is 5.32 Å². The first kappa shape index (κ1) is 24.5. The number of benzene rings is 3. The maximum Gasteiger partial charge on any atom is 0.335 e. The van der Waals surface area contributed by atoms with Crippen molar-refractivity contribution in [2.45, 2.75) is 13.5 Å². The molecule has 178 valence electrons. The number of ether oxygens (including phenoxy) is 2. The Labute approximate surface area is 215 Å². The molecule has 0 atom stereocenters. The molecule has 0 radical (unpaired) electrons. The Morgan fingerprint density at radius 3 is 2.54 bits per heavy atom. The summed E-state index contributed by atoms with van der Waals surface area (Å²) in [7, 11) is 1.49. The molecule has 4 rings (SSSR count). The fourth-order valence-corrected chi connectivity index (χ4v) is 4.39. The van der Waals surface area contributed by atoms with Crippen LogP contribution >= 0.6 is 27.5 Å². The molecule has 3 aromatic rings. The molecule has 1 aliphatic heterocycles. The van der Waals surface area contributed by atoms with Crippen LogP contribution in [0.1, 0.15) is 16.7 Å². The lowest BCUT2D eigenvalue weighted by molar-refractivity contribution is -0.122. The topological polar surface area (TPSA) is 84.9 Å². The zero-order chi connectivity index (χ0) is 25.1. The minimum absolute atomic E-state index is 0.175. The molecule has 0 aromatic heterocycles. The molecule has 1 heterocycles. The highest BCUT2D eigenvalue weighted by molar-refractivity contribution is 9.10. The van der Waals surface area contributed by atoms with E-state index in [1.165, 1.54) is 19.3 Å². The second-order valence-corrected chi connectivity index (χ2v) is 8.98. The number of hydrogen-bond donors (Lipinski definition) is 1. The minimum atomic E-state index is -0.871. The summed E-state index contributed by atoms with van der Waals surface area (Å²) >= 11 is 9.67. The number of barbiturate groups is 1. The van der Waals surface area contributed by atoms with Crippen molar-refractivity contribution in [3.05, 3.63) is 92.4 Å². The van der Waals surface area contributed by atoms with Crippen molar-refractivity contribution in [3.63, 3.8) is 0 Å². The van der Waals surface area contributed by atoms with E-state index in [2.05, 4.69) is 21.2 Å². The SMILES string of the molecule is COc1cc(/C=C2\C(=O)NC(=O)N(c3ccccc3Cl)C2=O)cc(Br)c1OCc1cccc(C)c1. The van der Waals surface area contributed by atoms with Gasteiger partial charge in [0.15, 0.2) is 11.5 Å². The van der Waals surface area contributed by atoms with Crippen molar-refractivity contribution in [2.24, 2.45) is 0 Å². The molecule has 1 fully saturated rings. The van der Waals surface area contributed by atoms with Gasteiger partial charge >= 0.3 is 6.03 Å². The van der Waals surface area contributed by atoms with Gasteiger partial charge in [0.2, 0.25) is 0 Å². The van der Waals surface area contributed by atoms with Gasteiger partial charge in [-0.1, -0.05) is 53.6 Å². The molecule has 4 amide bonds. The van der Waals surface area contributed by atoms with Gasteiger partial charge in [-0.05, 0) is 64.3 Å². The van der Waals surface area contributed by atoms with Crippen molar-refractivity contribution < 1.29 is 23.9 Å². The summed E-state index contributed by atoms with van der Waals surface area (Å²) in [6.45, 7) is 2.33. The zero-order valence-electron chi connectivity index (χ0n) is 18.8. The number of nitrogens with zero attached hydrogens (tertiary/aromatic N) is 1. The molecule has 1 aliphatic rings. The molecule has 1 saturated heterocycles. The average molecular weight is 556 g/mol. The molecule has 9 heteroatoms. The van der Waals surface area contributed by atoms with Crippen LogP contribution < -0.4 is 19.7 Å². The van der Waals surface area contributed by atoms with Gasteiger partial charge in [-0.25, -0.2) is 9.69 Å². The number of amides is 4. The number of imide groups is 2. The number of para-hydroxylation sites is 1. The molecule has 3 aromatic carbocycles. The van der Waals surface area contributed by atoms with Gasteiger partial charge in [-0.15, -0.1) is 0 Å². The number of methoxy groups -OCH3 is 1. The van der Waals surface area contributed by atoms with Gasteiger partial charge in [0.25, 0.3) is 11.8 Å². The highest BCUT2D eigenvalue weighted by atomic mass is 79.9. The van der Waals surface area contributed by atoms with Crippen molar-refractivity contribution in [1.29, 1.82) is 0 Å². The monoisotopic (exact) mass is 554 g/mol. The molecule has 0 spiro atoms. The predicted molar refractivity (Wildman–Crippen MR) is 137 cm³/mol. The highest BCUT2D eigenvalue weighted by Crippen LogP contribution is 2.38. The Hall–Kier alpha value is -3.62. The van der Waals surface area contributed by atoms with Gasteiger partial charge in [0.05, 0.1) is 22.3 Å². The maximum absolute atomic E-state index is 13.1. The number of carbonyl (C=O) groups excluding carboxylic acids is 3. The van der Waals surface area contributed by atoms with Gasteiger partial charge < -0.3 is 9.47 Å². The second-order valence-electron chi connectivity index (χ2n) is 7.72. The van der Waals surface area contributed by atoms with Gasteiger partial charge in [0.1, 0.15) is 12.2 Å². The third-order valence-electron chi connectivity index (χ3n) is 5.22. The van der Waals surface area contributed by atoms with E-state index in [-0.39, 0.29) is 16.3 Å². The van der Waals surface area contributed by atoms with Crippen molar-refractivity contribution in [3.8, 4) is 11.5 Å². The highest BCUT2D eigenvalue weighted by Gasteiger charge is 2.37. The summed E-state index contributed by atoms with van der Waals surface area (Å²) < 4.78 is 12.0. The Balaban J connectivity index is 1.65. The van der Waals surface area contributed by atoms with Gasteiger partial charge in [-0.3, -0.25) is 14.9 Å². The number of aryl methyl sites for hydroxylation is 1. The Bertz CT molecular complexity index is 1370. The van der Waals surface area contributed by atoms with Crippen LogP contribution in [-0.2, 0) is 16.2 Å². The molecule has 0 bridgehead atoms.